The van der Waals surface area contributed by atoms with Gasteiger partial charge >= 0.3 is 0 Å². The van der Waals surface area contributed by atoms with Crippen LogP contribution in [-0.4, -0.2) is 11.6 Å². The van der Waals surface area contributed by atoms with Gasteiger partial charge in [0.2, 0.25) is 0 Å². The highest BCUT2D eigenvalue weighted by atomic mass is 35.5. The average molecular weight is 333 g/mol. The summed E-state index contributed by atoms with van der Waals surface area (Å²) in [5.41, 5.74) is 4.62. The first-order valence-electron chi connectivity index (χ1n) is 6.59. The minimum Gasteiger partial charge on any atom is -0.267 e. The number of nitrogens with zero attached hydrogens (tertiary/aromatic N) is 1. The van der Waals surface area contributed by atoms with Crippen molar-refractivity contribution >= 4 is 40.9 Å². The van der Waals surface area contributed by atoms with Gasteiger partial charge in [-0.05, 0) is 36.8 Å². The number of rotatable bonds is 4. The maximum atomic E-state index is 11.9. The highest BCUT2D eigenvalue weighted by molar-refractivity contribution is 6.42. The Morgan fingerprint density at radius 1 is 1.09 bits per heavy atom. The minimum absolute atomic E-state index is 0.332. The molecule has 2 aromatic rings. The van der Waals surface area contributed by atoms with Crippen LogP contribution >= 0.6 is 23.2 Å². The Morgan fingerprint density at radius 2 is 1.82 bits per heavy atom. The summed E-state index contributed by atoms with van der Waals surface area (Å²) in [4.78, 5) is 11.9. The van der Waals surface area contributed by atoms with E-state index in [1.54, 1.807) is 19.1 Å². The lowest BCUT2D eigenvalue weighted by molar-refractivity contribution is 0.0955. The number of allylic oxidation sites excluding steroid dienone is 1. The average Bonchev–Trinajstić information content (AvgIpc) is 2.54. The van der Waals surface area contributed by atoms with Crippen molar-refractivity contribution in [1.82, 2.24) is 5.43 Å². The fourth-order valence-electron chi connectivity index (χ4n) is 1.66. The van der Waals surface area contributed by atoms with E-state index in [-0.39, 0.29) is 5.91 Å². The molecular formula is C17H14Cl2N2O. The van der Waals surface area contributed by atoms with E-state index in [9.17, 15) is 4.79 Å². The lowest BCUT2D eigenvalue weighted by Gasteiger charge is -2.02. The second-order valence-corrected chi connectivity index (χ2v) is 5.38. The summed E-state index contributed by atoms with van der Waals surface area (Å²) in [6, 6.07) is 14.5. The first kappa shape index (κ1) is 16.3. The third kappa shape index (κ3) is 4.72. The van der Waals surface area contributed by atoms with Crippen molar-refractivity contribution < 1.29 is 4.79 Å². The van der Waals surface area contributed by atoms with Gasteiger partial charge in [-0.2, -0.15) is 5.10 Å². The molecule has 0 saturated heterocycles. The summed E-state index contributed by atoms with van der Waals surface area (Å²) in [5.74, 6) is -0.342. The van der Waals surface area contributed by atoms with Crippen LogP contribution in [0.4, 0.5) is 0 Å². The lowest BCUT2D eigenvalue weighted by atomic mass is 10.2. The molecule has 1 N–H and O–H groups in total. The zero-order chi connectivity index (χ0) is 15.9. The van der Waals surface area contributed by atoms with Crippen molar-refractivity contribution in [3.63, 3.8) is 0 Å². The largest absolute Gasteiger partial charge is 0.271 e. The predicted molar refractivity (Wildman–Crippen MR) is 92.5 cm³/mol. The zero-order valence-corrected chi connectivity index (χ0v) is 13.4. The van der Waals surface area contributed by atoms with E-state index in [0.717, 1.165) is 5.56 Å². The van der Waals surface area contributed by atoms with Gasteiger partial charge in [-0.15, -0.1) is 0 Å². The molecule has 0 fully saturated rings. The van der Waals surface area contributed by atoms with Gasteiger partial charge in [0.15, 0.2) is 0 Å². The number of hydrogen-bond acceptors (Lipinski definition) is 2. The number of carbonyl (C=O) groups is 1. The van der Waals surface area contributed by atoms with Crippen LogP contribution in [0.25, 0.3) is 6.08 Å². The molecule has 0 unspecified atom stereocenters. The van der Waals surface area contributed by atoms with E-state index >= 15 is 0 Å². The van der Waals surface area contributed by atoms with Gasteiger partial charge in [0.05, 0.1) is 15.8 Å². The second-order valence-electron chi connectivity index (χ2n) is 4.57. The molecule has 0 aliphatic carbocycles. The van der Waals surface area contributed by atoms with E-state index in [4.69, 9.17) is 23.2 Å². The van der Waals surface area contributed by atoms with Crippen LogP contribution < -0.4 is 5.43 Å². The maximum Gasteiger partial charge on any atom is 0.271 e. The quantitative estimate of drug-likeness (QED) is 0.633. The number of benzene rings is 2. The molecule has 0 saturated carbocycles. The summed E-state index contributed by atoms with van der Waals surface area (Å²) in [6.45, 7) is 1.80. The van der Waals surface area contributed by atoms with Crippen molar-refractivity contribution in [2.75, 3.05) is 0 Å². The first-order valence-corrected chi connectivity index (χ1v) is 7.34. The van der Waals surface area contributed by atoms with E-state index in [2.05, 4.69) is 10.5 Å². The van der Waals surface area contributed by atoms with Crippen LogP contribution in [-0.2, 0) is 0 Å². The molecule has 0 heterocycles. The Morgan fingerprint density at radius 3 is 2.50 bits per heavy atom. The molecule has 0 spiro atoms. The predicted octanol–water partition coefficient (Wildman–Crippen LogP) is 4.81. The van der Waals surface area contributed by atoms with Crippen molar-refractivity contribution in [2.24, 2.45) is 5.10 Å². The topological polar surface area (TPSA) is 41.5 Å². The molecule has 5 heteroatoms. The molecule has 3 nitrogen and oxygen atoms in total. The first-order chi connectivity index (χ1) is 10.6. The van der Waals surface area contributed by atoms with Gasteiger partial charge in [-0.1, -0.05) is 59.6 Å². The summed E-state index contributed by atoms with van der Waals surface area (Å²) < 4.78 is 0. The van der Waals surface area contributed by atoms with E-state index in [0.29, 0.717) is 21.3 Å². The Bertz CT molecular complexity index is 725. The van der Waals surface area contributed by atoms with Crippen molar-refractivity contribution in [3.8, 4) is 0 Å². The van der Waals surface area contributed by atoms with Gasteiger partial charge in [0, 0.05) is 5.56 Å². The lowest BCUT2D eigenvalue weighted by Crippen LogP contribution is -2.18. The van der Waals surface area contributed by atoms with Gasteiger partial charge in [0.1, 0.15) is 0 Å². The van der Waals surface area contributed by atoms with Crippen LogP contribution in [0.5, 0.6) is 0 Å². The summed E-state index contributed by atoms with van der Waals surface area (Å²) in [6.07, 6.45) is 3.74. The van der Waals surface area contributed by atoms with Crippen LogP contribution in [0.1, 0.15) is 22.8 Å². The molecule has 2 rings (SSSR count). The number of nitrogens with one attached hydrogen (secondary N) is 1. The molecule has 0 bridgehead atoms. The van der Waals surface area contributed by atoms with Gasteiger partial charge in [-0.3, -0.25) is 4.79 Å². The van der Waals surface area contributed by atoms with Gasteiger partial charge < -0.3 is 0 Å². The van der Waals surface area contributed by atoms with Crippen molar-refractivity contribution in [3.05, 3.63) is 75.8 Å². The molecule has 0 aliphatic rings. The fraction of sp³-hybridized carbons (Fsp3) is 0.0588. The van der Waals surface area contributed by atoms with E-state index in [1.807, 2.05) is 42.5 Å². The molecule has 22 heavy (non-hydrogen) atoms. The fourth-order valence-corrected chi connectivity index (χ4v) is 1.96. The number of hydrogen-bond donors (Lipinski definition) is 1. The maximum absolute atomic E-state index is 11.9. The normalized spacial score (nSPS) is 11.7. The number of carbonyl (C=O) groups excluding carboxylic acids is 1. The molecule has 0 atom stereocenters. The third-order valence-electron chi connectivity index (χ3n) is 2.83. The molecular weight excluding hydrogens is 319 g/mol. The highest BCUT2D eigenvalue weighted by Crippen LogP contribution is 2.22. The second kappa shape index (κ2) is 7.78. The number of hydrazone groups is 1. The molecule has 112 valence electrons. The molecule has 0 aliphatic heterocycles. The van der Waals surface area contributed by atoms with Crippen molar-refractivity contribution in [1.29, 1.82) is 0 Å². The monoisotopic (exact) mass is 332 g/mol. The van der Waals surface area contributed by atoms with Gasteiger partial charge in [-0.25, -0.2) is 5.43 Å². The Labute approximate surface area is 139 Å². The molecule has 0 radical (unpaired) electrons. The van der Waals surface area contributed by atoms with Crippen LogP contribution in [0.15, 0.2) is 59.7 Å². The van der Waals surface area contributed by atoms with Crippen LogP contribution in [0.3, 0.4) is 0 Å². The number of halogens is 2. The SMILES string of the molecule is CC(/C=C/c1ccccc1)=NNC(=O)c1ccc(Cl)c(Cl)c1. The molecule has 1 amide bonds. The standard InChI is InChI=1S/C17H14Cl2N2O/c1-12(7-8-13-5-3-2-4-6-13)20-21-17(22)14-9-10-15(18)16(19)11-14/h2-11H,1H3,(H,21,22)/b8-7+,20-12?. The minimum atomic E-state index is -0.342. The van der Waals surface area contributed by atoms with E-state index in [1.165, 1.54) is 6.07 Å². The van der Waals surface area contributed by atoms with Crippen molar-refractivity contribution in [2.45, 2.75) is 6.92 Å². The van der Waals surface area contributed by atoms with Crippen LogP contribution in [0.2, 0.25) is 10.0 Å². The third-order valence-corrected chi connectivity index (χ3v) is 3.57. The van der Waals surface area contributed by atoms with Gasteiger partial charge in [0.25, 0.3) is 5.91 Å². The highest BCUT2D eigenvalue weighted by Gasteiger charge is 2.06. The van der Waals surface area contributed by atoms with Crippen LogP contribution in [0, 0.1) is 0 Å². The summed E-state index contributed by atoms with van der Waals surface area (Å²) in [5, 5.41) is 4.76. The van der Waals surface area contributed by atoms with E-state index < -0.39 is 0 Å². The summed E-state index contributed by atoms with van der Waals surface area (Å²) >= 11 is 11.7. The molecule has 2 aromatic carbocycles. The summed E-state index contributed by atoms with van der Waals surface area (Å²) in [7, 11) is 0. The smallest absolute Gasteiger partial charge is 0.267 e. The Kier molecular flexibility index (Phi) is 5.75. The molecule has 0 aromatic heterocycles. The Hall–Kier alpha value is -2.10. The zero-order valence-electron chi connectivity index (χ0n) is 11.9. The number of amides is 1. The Balaban J connectivity index is 1.99.